The van der Waals surface area contributed by atoms with Gasteiger partial charge in [0.05, 0.1) is 6.54 Å². The molecule has 1 aliphatic heterocycles. The highest BCUT2D eigenvalue weighted by molar-refractivity contribution is 5.81. The van der Waals surface area contributed by atoms with E-state index in [1.807, 2.05) is 0 Å². The van der Waals surface area contributed by atoms with Gasteiger partial charge in [-0.05, 0) is 18.3 Å². The van der Waals surface area contributed by atoms with Crippen LogP contribution >= 0.6 is 0 Å². The van der Waals surface area contributed by atoms with Crippen molar-refractivity contribution in [2.24, 2.45) is 0 Å². The van der Waals surface area contributed by atoms with Crippen molar-refractivity contribution >= 4 is 12.0 Å². The van der Waals surface area contributed by atoms with E-state index in [4.69, 9.17) is 0 Å². The summed E-state index contributed by atoms with van der Waals surface area (Å²) in [6.45, 7) is 14.9. The summed E-state index contributed by atoms with van der Waals surface area (Å²) in [6.07, 6.45) is 3.55. The van der Waals surface area contributed by atoms with Crippen LogP contribution in [0.15, 0.2) is 18.2 Å². The average Bonchev–Trinajstić information content (AvgIpc) is 2.86. The van der Waals surface area contributed by atoms with Crippen molar-refractivity contribution in [2.75, 3.05) is 24.5 Å². The van der Waals surface area contributed by atoms with E-state index in [1.54, 1.807) is 0 Å². The van der Waals surface area contributed by atoms with Crippen LogP contribution in [0, 0.1) is 0 Å². The summed E-state index contributed by atoms with van der Waals surface area (Å²) in [6, 6.07) is 6.80. The molecule has 1 aliphatic rings. The van der Waals surface area contributed by atoms with Gasteiger partial charge in [-0.15, -0.1) is 0 Å². The predicted octanol–water partition coefficient (Wildman–Crippen LogP) is 4.20. The van der Waals surface area contributed by atoms with Crippen LogP contribution in [0.25, 0.3) is 0 Å². The molecule has 1 aromatic rings. The third-order valence-electron chi connectivity index (χ3n) is 4.07. The highest BCUT2D eigenvalue weighted by Gasteiger charge is 2.27. The van der Waals surface area contributed by atoms with Gasteiger partial charge in [0.15, 0.2) is 0 Å². The van der Waals surface area contributed by atoms with Crippen LogP contribution in [0.1, 0.15) is 64.0 Å². The van der Waals surface area contributed by atoms with Crippen molar-refractivity contribution in [3.8, 4) is 0 Å². The molecule has 0 atom stereocenters. The molecule has 0 spiro atoms. The van der Waals surface area contributed by atoms with Gasteiger partial charge >= 0.3 is 0 Å². The lowest BCUT2D eigenvalue weighted by molar-refractivity contribution is -0.513. The molecule has 0 bridgehead atoms. The minimum absolute atomic E-state index is 0.567. The molecule has 110 valence electrons. The summed E-state index contributed by atoms with van der Waals surface area (Å²) < 4.78 is 2.45. The molecule has 2 nitrogen and oxygen atoms in total. The number of hydrogen-bond donors (Lipinski definition) is 0. The minimum atomic E-state index is 0.567. The number of para-hydroxylation sites is 1. The molecule has 0 saturated carbocycles. The van der Waals surface area contributed by atoms with E-state index < -0.39 is 0 Å². The number of nitrogens with zero attached hydrogens (tertiary/aromatic N) is 2. The van der Waals surface area contributed by atoms with Crippen molar-refractivity contribution in [3.63, 3.8) is 0 Å². The van der Waals surface area contributed by atoms with Crippen LogP contribution in [-0.4, -0.2) is 30.5 Å². The molecule has 2 heteroatoms. The summed E-state index contributed by atoms with van der Waals surface area (Å²) in [5.41, 5.74) is 4.41. The van der Waals surface area contributed by atoms with Gasteiger partial charge in [-0.2, -0.15) is 0 Å². The maximum atomic E-state index is 2.47. The first-order valence-corrected chi connectivity index (χ1v) is 8.03. The van der Waals surface area contributed by atoms with Crippen molar-refractivity contribution < 1.29 is 4.58 Å². The fourth-order valence-corrected chi connectivity index (χ4v) is 3.02. The molecule has 1 heterocycles. The summed E-state index contributed by atoms with van der Waals surface area (Å²) in [4.78, 5) is 2.47. The Morgan fingerprint density at radius 3 is 2.20 bits per heavy atom. The molecular weight excluding hydrogens is 244 g/mol. The predicted molar refractivity (Wildman–Crippen MR) is 88.3 cm³/mol. The molecule has 0 N–H and O–H groups in total. The Balaban J connectivity index is 2.44. The Morgan fingerprint density at radius 2 is 1.70 bits per heavy atom. The van der Waals surface area contributed by atoms with Crippen LogP contribution < -0.4 is 4.90 Å². The van der Waals surface area contributed by atoms with Crippen LogP contribution in [0.4, 0.5) is 5.69 Å². The third kappa shape index (κ3) is 3.05. The Labute approximate surface area is 124 Å². The quantitative estimate of drug-likeness (QED) is 0.729. The van der Waals surface area contributed by atoms with E-state index in [-0.39, 0.29) is 0 Å². The van der Waals surface area contributed by atoms with Crippen LogP contribution in [-0.2, 0) is 0 Å². The fraction of sp³-hybridized carbons (Fsp3) is 0.611. The second-order valence-corrected chi connectivity index (χ2v) is 6.44. The number of anilines is 1. The van der Waals surface area contributed by atoms with Gasteiger partial charge in [0.1, 0.15) is 18.8 Å². The fourth-order valence-electron chi connectivity index (χ4n) is 3.02. The smallest absolute Gasteiger partial charge is 0.239 e. The van der Waals surface area contributed by atoms with Gasteiger partial charge in [-0.1, -0.05) is 52.8 Å². The molecule has 0 aromatic heterocycles. The van der Waals surface area contributed by atoms with E-state index in [1.165, 1.54) is 23.2 Å². The van der Waals surface area contributed by atoms with Crippen molar-refractivity contribution in [3.05, 3.63) is 29.3 Å². The van der Waals surface area contributed by atoms with Gasteiger partial charge in [0, 0.05) is 11.1 Å². The molecule has 0 radical (unpaired) electrons. The molecule has 2 rings (SSSR count). The molecule has 0 amide bonds. The van der Waals surface area contributed by atoms with Crippen LogP contribution in [0.5, 0.6) is 0 Å². The Hall–Kier alpha value is -1.31. The van der Waals surface area contributed by atoms with Crippen molar-refractivity contribution in [2.45, 2.75) is 52.9 Å². The number of hydrogen-bond acceptors (Lipinski definition) is 1. The molecule has 0 aliphatic carbocycles. The van der Waals surface area contributed by atoms with Gasteiger partial charge in [0.25, 0.3) is 0 Å². The summed E-state index contributed by atoms with van der Waals surface area (Å²) in [5, 5.41) is 0. The highest BCUT2D eigenvalue weighted by Crippen LogP contribution is 2.35. The number of benzene rings is 1. The molecule has 1 aromatic carbocycles. The zero-order chi connectivity index (χ0) is 14.7. The van der Waals surface area contributed by atoms with Crippen molar-refractivity contribution in [1.82, 2.24) is 0 Å². The normalized spacial score (nSPS) is 15.3. The first kappa shape index (κ1) is 15.1. The lowest BCUT2D eigenvalue weighted by atomic mass is 9.92. The van der Waals surface area contributed by atoms with E-state index in [0.717, 1.165) is 19.6 Å². The maximum Gasteiger partial charge on any atom is 0.239 e. The molecule has 0 unspecified atom stereocenters. The molecular formula is C18H29N2+. The monoisotopic (exact) mass is 273 g/mol. The van der Waals surface area contributed by atoms with Crippen LogP contribution in [0.3, 0.4) is 0 Å². The van der Waals surface area contributed by atoms with Gasteiger partial charge in [-0.25, -0.2) is 4.90 Å². The van der Waals surface area contributed by atoms with Crippen LogP contribution in [0.2, 0.25) is 0 Å². The van der Waals surface area contributed by atoms with Gasteiger partial charge < -0.3 is 0 Å². The Morgan fingerprint density at radius 1 is 1.10 bits per heavy atom. The molecule has 0 fully saturated rings. The average molecular weight is 273 g/mol. The van der Waals surface area contributed by atoms with Gasteiger partial charge in [-0.3, -0.25) is 4.58 Å². The van der Waals surface area contributed by atoms with E-state index in [2.05, 4.69) is 68.6 Å². The molecule has 20 heavy (non-hydrogen) atoms. The Kier molecular flexibility index (Phi) is 4.85. The standard InChI is InChI=1S/C18H29N2/c1-6-10-19-11-12-20(13-19)18-16(14(2)3)8-7-9-17(18)15(4)5/h7-9,13-15H,6,10-12H2,1-5H3/q+1. The first-order chi connectivity index (χ1) is 9.54. The SMILES string of the molecule is CCC[N+]1=CN(c2c(C(C)C)cccc2C(C)C)CC1. The van der Waals surface area contributed by atoms with Crippen molar-refractivity contribution in [1.29, 1.82) is 0 Å². The summed E-state index contributed by atoms with van der Waals surface area (Å²) >= 11 is 0. The maximum absolute atomic E-state index is 2.47. The largest absolute Gasteiger partial charge is 0.264 e. The first-order valence-electron chi connectivity index (χ1n) is 8.03. The second kappa shape index (κ2) is 6.43. The highest BCUT2D eigenvalue weighted by atomic mass is 15.3. The minimum Gasteiger partial charge on any atom is -0.264 e. The summed E-state index contributed by atoms with van der Waals surface area (Å²) in [5.74, 6) is 1.13. The van der Waals surface area contributed by atoms with E-state index in [9.17, 15) is 0 Å². The third-order valence-corrected chi connectivity index (χ3v) is 4.07. The lowest BCUT2D eigenvalue weighted by Gasteiger charge is -2.20. The summed E-state index contributed by atoms with van der Waals surface area (Å²) in [7, 11) is 0. The Bertz CT molecular complexity index is 460. The topological polar surface area (TPSA) is 6.25 Å². The number of rotatable bonds is 5. The second-order valence-electron chi connectivity index (χ2n) is 6.44. The lowest BCUT2D eigenvalue weighted by Crippen LogP contribution is -2.22. The van der Waals surface area contributed by atoms with E-state index in [0.29, 0.717) is 11.8 Å². The zero-order valence-corrected chi connectivity index (χ0v) is 13.7. The zero-order valence-electron chi connectivity index (χ0n) is 13.7. The molecule has 0 saturated heterocycles. The van der Waals surface area contributed by atoms with E-state index >= 15 is 0 Å². The van der Waals surface area contributed by atoms with Gasteiger partial charge in [0.2, 0.25) is 6.34 Å².